The molecule has 0 aromatic rings. The van der Waals surface area contributed by atoms with Crippen molar-refractivity contribution < 1.29 is 4.21 Å². The highest BCUT2D eigenvalue weighted by Gasteiger charge is 2.33. The highest BCUT2D eigenvalue weighted by Crippen LogP contribution is 2.34. The quantitative estimate of drug-likeness (QED) is 0.759. The van der Waals surface area contributed by atoms with Crippen LogP contribution in [0.15, 0.2) is 0 Å². The summed E-state index contributed by atoms with van der Waals surface area (Å²) in [4.78, 5) is 0. The van der Waals surface area contributed by atoms with Crippen molar-refractivity contribution in [3.05, 3.63) is 0 Å². The van der Waals surface area contributed by atoms with Crippen molar-refractivity contribution in [2.75, 3.05) is 5.75 Å². The molecular weight excluding hydrogens is 218 g/mol. The smallest absolute Gasteiger partial charge is 0.0668 e. The molecule has 0 bridgehead atoms. The van der Waals surface area contributed by atoms with Crippen LogP contribution in [0.2, 0.25) is 0 Å². The maximum atomic E-state index is 12.2. The number of hydrogen-bond acceptors (Lipinski definition) is 2. The maximum Gasteiger partial charge on any atom is 0.0668 e. The summed E-state index contributed by atoms with van der Waals surface area (Å²) in [5.41, 5.74) is 0. The second-order valence-corrected chi connectivity index (χ2v) is 7.00. The van der Waals surface area contributed by atoms with Crippen LogP contribution >= 0.6 is 0 Å². The van der Waals surface area contributed by atoms with Crippen molar-refractivity contribution in [2.45, 2.75) is 51.7 Å². The number of rotatable bonds is 4. The first-order chi connectivity index (χ1) is 7.58. The summed E-state index contributed by atoms with van der Waals surface area (Å²) in [5, 5.41) is 9.25. The minimum absolute atomic E-state index is 0.0300. The van der Waals surface area contributed by atoms with Gasteiger partial charge in [-0.1, -0.05) is 27.2 Å². The molecule has 1 aliphatic carbocycles. The number of hydrogen-bond donors (Lipinski definition) is 0. The Bertz CT molecular complexity index is 282. The molecule has 1 rings (SSSR count). The van der Waals surface area contributed by atoms with Crippen LogP contribution < -0.4 is 0 Å². The summed E-state index contributed by atoms with van der Waals surface area (Å²) < 4.78 is 12.2. The van der Waals surface area contributed by atoms with Gasteiger partial charge in [0, 0.05) is 16.6 Å². The fraction of sp³-hybridized carbons (Fsp3) is 0.923. The Morgan fingerprint density at radius 2 is 2.12 bits per heavy atom. The van der Waals surface area contributed by atoms with E-state index < -0.39 is 10.8 Å². The van der Waals surface area contributed by atoms with Gasteiger partial charge in [0.2, 0.25) is 0 Å². The lowest BCUT2D eigenvalue weighted by molar-refractivity contribution is 0.313. The maximum absolute atomic E-state index is 12.2. The molecule has 1 fully saturated rings. The third-order valence-electron chi connectivity index (χ3n) is 3.48. The predicted octanol–water partition coefficient (Wildman–Crippen LogP) is 3.11. The zero-order valence-electron chi connectivity index (χ0n) is 10.6. The van der Waals surface area contributed by atoms with Gasteiger partial charge in [-0.05, 0) is 31.1 Å². The van der Waals surface area contributed by atoms with Crippen molar-refractivity contribution in [1.82, 2.24) is 0 Å². The van der Waals surface area contributed by atoms with Gasteiger partial charge in [0.25, 0.3) is 0 Å². The summed E-state index contributed by atoms with van der Waals surface area (Å²) in [6.45, 7) is 6.39. The molecule has 3 heteroatoms. The molecule has 16 heavy (non-hydrogen) atoms. The standard InChI is InChI=1S/C13H23NOS/c1-4-11-5-6-12(8-14)13(7-11)16(15)9-10(2)3/h10-13H,4-7,9H2,1-3H3. The van der Waals surface area contributed by atoms with Gasteiger partial charge in [0.15, 0.2) is 0 Å². The first-order valence-electron chi connectivity index (χ1n) is 6.35. The van der Waals surface area contributed by atoms with Crippen molar-refractivity contribution in [1.29, 1.82) is 5.26 Å². The summed E-state index contributed by atoms with van der Waals surface area (Å²) in [6.07, 6.45) is 4.25. The Kier molecular flexibility index (Phi) is 5.48. The zero-order chi connectivity index (χ0) is 12.1. The fourth-order valence-corrected chi connectivity index (χ4v) is 4.43. The van der Waals surface area contributed by atoms with Crippen LogP contribution in [-0.4, -0.2) is 15.2 Å². The van der Waals surface area contributed by atoms with Crippen LogP contribution in [0.4, 0.5) is 0 Å². The zero-order valence-corrected chi connectivity index (χ0v) is 11.4. The van der Waals surface area contributed by atoms with Gasteiger partial charge in [0.05, 0.1) is 17.2 Å². The lowest BCUT2D eigenvalue weighted by Gasteiger charge is -2.32. The lowest BCUT2D eigenvalue weighted by Crippen LogP contribution is -2.34. The Morgan fingerprint density at radius 3 is 2.62 bits per heavy atom. The Balaban J connectivity index is 2.65. The second-order valence-electron chi connectivity index (χ2n) is 5.30. The Hall–Kier alpha value is -0.360. The van der Waals surface area contributed by atoms with Crippen molar-refractivity contribution in [2.24, 2.45) is 17.8 Å². The first-order valence-corrected chi connectivity index (χ1v) is 7.73. The van der Waals surface area contributed by atoms with Crippen LogP contribution in [0, 0.1) is 29.1 Å². The molecule has 0 heterocycles. The van der Waals surface area contributed by atoms with E-state index in [4.69, 9.17) is 5.26 Å². The van der Waals surface area contributed by atoms with Gasteiger partial charge < -0.3 is 0 Å². The van der Waals surface area contributed by atoms with E-state index in [2.05, 4.69) is 26.8 Å². The third kappa shape index (κ3) is 3.59. The molecule has 2 nitrogen and oxygen atoms in total. The number of nitrogens with zero attached hydrogens (tertiary/aromatic N) is 1. The van der Waals surface area contributed by atoms with Crippen molar-refractivity contribution in [3.8, 4) is 6.07 Å². The minimum Gasteiger partial charge on any atom is -0.259 e. The van der Waals surface area contributed by atoms with Crippen LogP contribution in [-0.2, 0) is 10.8 Å². The van der Waals surface area contributed by atoms with Gasteiger partial charge in [0.1, 0.15) is 0 Å². The van der Waals surface area contributed by atoms with E-state index in [9.17, 15) is 4.21 Å². The highest BCUT2D eigenvalue weighted by molar-refractivity contribution is 7.85. The first kappa shape index (κ1) is 13.7. The van der Waals surface area contributed by atoms with Crippen LogP contribution in [0.1, 0.15) is 46.5 Å². The largest absolute Gasteiger partial charge is 0.259 e. The summed E-state index contributed by atoms with van der Waals surface area (Å²) in [7, 11) is -0.811. The molecule has 0 saturated heterocycles. The minimum atomic E-state index is -0.811. The lowest BCUT2D eigenvalue weighted by atomic mass is 9.81. The van der Waals surface area contributed by atoms with E-state index in [-0.39, 0.29) is 11.2 Å². The normalized spacial score (nSPS) is 32.3. The van der Waals surface area contributed by atoms with E-state index in [0.717, 1.165) is 31.4 Å². The Labute approximate surface area is 102 Å². The van der Waals surface area contributed by atoms with E-state index in [1.54, 1.807) is 0 Å². The molecular formula is C13H23NOS. The molecule has 0 spiro atoms. The summed E-state index contributed by atoms with van der Waals surface area (Å²) in [6, 6.07) is 2.36. The van der Waals surface area contributed by atoms with E-state index in [1.807, 2.05) is 0 Å². The molecule has 0 N–H and O–H groups in total. The molecule has 0 aromatic carbocycles. The summed E-state index contributed by atoms with van der Waals surface area (Å²) >= 11 is 0. The molecule has 92 valence electrons. The summed E-state index contributed by atoms with van der Waals surface area (Å²) in [5.74, 6) is 1.93. The van der Waals surface area contributed by atoms with E-state index in [0.29, 0.717) is 11.8 Å². The molecule has 1 aliphatic rings. The average Bonchev–Trinajstić information content (AvgIpc) is 2.27. The number of nitriles is 1. The topological polar surface area (TPSA) is 40.9 Å². The fourth-order valence-electron chi connectivity index (χ4n) is 2.47. The van der Waals surface area contributed by atoms with Crippen molar-refractivity contribution >= 4 is 10.8 Å². The third-order valence-corrected chi connectivity index (χ3v) is 5.67. The van der Waals surface area contributed by atoms with Crippen LogP contribution in [0.3, 0.4) is 0 Å². The van der Waals surface area contributed by atoms with Gasteiger partial charge in [-0.25, -0.2) is 0 Å². The van der Waals surface area contributed by atoms with Crippen molar-refractivity contribution in [3.63, 3.8) is 0 Å². The second kappa shape index (κ2) is 6.39. The SMILES string of the molecule is CCC1CCC(C#N)C(S(=O)CC(C)C)C1. The van der Waals surface area contributed by atoms with E-state index >= 15 is 0 Å². The molecule has 0 radical (unpaired) electrons. The molecule has 0 aromatic heterocycles. The van der Waals surface area contributed by atoms with E-state index in [1.165, 1.54) is 0 Å². The van der Waals surface area contributed by atoms with Gasteiger partial charge in [-0.3, -0.25) is 4.21 Å². The molecule has 4 unspecified atom stereocenters. The van der Waals surface area contributed by atoms with Crippen LogP contribution in [0.25, 0.3) is 0 Å². The predicted molar refractivity (Wildman–Crippen MR) is 68.4 cm³/mol. The molecule has 4 atom stereocenters. The Morgan fingerprint density at radius 1 is 1.44 bits per heavy atom. The van der Waals surface area contributed by atoms with Gasteiger partial charge >= 0.3 is 0 Å². The molecule has 0 aliphatic heterocycles. The molecule has 0 amide bonds. The highest BCUT2D eigenvalue weighted by atomic mass is 32.2. The average molecular weight is 241 g/mol. The molecule has 1 saturated carbocycles. The van der Waals surface area contributed by atoms with Gasteiger partial charge in [-0.15, -0.1) is 0 Å². The van der Waals surface area contributed by atoms with Gasteiger partial charge in [-0.2, -0.15) is 5.26 Å². The van der Waals surface area contributed by atoms with Crippen LogP contribution in [0.5, 0.6) is 0 Å². The monoisotopic (exact) mass is 241 g/mol.